The van der Waals surface area contributed by atoms with Gasteiger partial charge >= 0.3 is 24.7 Å². The van der Waals surface area contributed by atoms with E-state index in [0.717, 1.165) is 72.2 Å². The minimum absolute atomic E-state index is 0.0197. The van der Waals surface area contributed by atoms with E-state index in [0.29, 0.717) is 133 Å². The molecule has 0 fully saturated rings. The van der Waals surface area contributed by atoms with E-state index >= 15 is 0 Å². The molecule has 0 radical (unpaired) electrons. The summed E-state index contributed by atoms with van der Waals surface area (Å²) in [7, 11) is 1.62. The number of ether oxygens (including phenoxy) is 7. The van der Waals surface area contributed by atoms with Crippen molar-refractivity contribution in [2.24, 2.45) is 17.8 Å². The van der Waals surface area contributed by atoms with E-state index in [1.807, 2.05) is 155 Å². The molecule has 33 heteroatoms. The highest BCUT2D eigenvalue weighted by molar-refractivity contribution is 6.34. The van der Waals surface area contributed by atoms with Crippen LogP contribution in [0, 0.1) is 43.2 Å². The van der Waals surface area contributed by atoms with E-state index in [4.69, 9.17) is 128 Å². The second-order valence-electron chi connectivity index (χ2n) is 38.9. The van der Waals surface area contributed by atoms with Gasteiger partial charge in [-0.2, -0.15) is 27.8 Å². The summed E-state index contributed by atoms with van der Waals surface area (Å²) in [5.41, 5.74) is 14.9. The second kappa shape index (κ2) is 66.9. The molecular weight excluding hydrogens is 2080 g/mol. The maximum atomic E-state index is 12.7. The Hall–Kier alpha value is -8.56. The van der Waals surface area contributed by atoms with E-state index in [1.54, 1.807) is 56.8 Å². The lowest BCUT2D eigenvalue weighted by molar-refractivity contribution is -0.148. The molecule has 0 N–H and O–H groups in total. The lowest BCUT2D eigenvalue weighted by atomic mass is 9.92. The largest absolute Gasteiger partial charge is 0.495 e. The third-order valence-electron chi connectivity index (χ3n) is 20.7. The Morgan fingerprint density at radius 3 is 0.877 bits per heavy atom. The molecule has 0 aliphatic rings. The van der Waals surface area contributed by atoms with Crippen LogP contribution < -0.4 is 33.2 Å². The third-order valence-corrected chi connectivity index (χ3v) is 23.4. The molecule has 14 nitrogen and oxygen atoms in total. The fraction of sp³-hybridized carbons (Fsp3) is 0.478. The molecule has 0 amide bonds. The fourth-order valence-corrected chi connectivity index (χ4v) is 13.5. The minimum Gasteiger partial charge on any atom is -0.495 e. The molecule has 808 valence electrons. The van der Waals surface area contributed by atoms with Gasteiger partial charge in [0.1, 0.15) is 43.2 Å². The molecule has 5 aromatic carbocycles. The summed E-state index contributed by atoms with van der Waals surface area (Å²) in [5.74, 6) is -0.834. The van der Waals surface area contributed by atoms with Crippen LogP contribution >= 0.6 is 104 Å². The van der Waals surface area contributed by atoms with Crippen molar-refractivity contribution in [2.75, 3.05) is 40.1 Å². The number of halogens is 19. The Morgan fingerprint density at radius 1 is 0.288 bits per heavy atom. The van der Waals surface area contributed by atoms with Gasteiger partial charge in [0, 0.05) is 47.1 Å². The van der Waals surface area contributed by atoms with E-state index in [-0.39, 0.29) is 56.4 Å². The Kier molecular flexibility index (Phi) is 61.2. The predicted octanol–water partition coefficient (Wildman–Crippen LogP) is 38.8. The number of nitrogens with zero attached hydrogens (tertiary/aromatic N) is 7. The molecule has 0 saturated carbocycles. The molecule has 0 aliphatic heterocycles. The van der Waals surface area contributed by atoms with Crippen molar-refractivity contribution in [3.8, 4) is 52.0 Å². The van der Waals surface area contributed by atoms with Crippen molar-refractivity contribution in [3.63, 3.8) is 0 Å². The van der Waals surface area contributed by atoms with E-state index < -0.39 is 37.9 Å². The Labute approximate surface area is 905 Å². The van der Waals surface area contributed by atoms with Crippen molar-refractivity contribution in [1.29, 1.82) is 0 Å². The fourth-order valence-electron chi connectivity index (χ4n) is 11.6. The summed E-state index contributed by atoms with van der Waals surface area (Å²) in [6.07, 6.45) is 4.41. The molecule has 146 heavy (non-hydrogen) atoms. The Morgan fingerprint density at radius 2 is 0.589 bits per heavy atom. The second-order valence-corrected chi connectivity index (χ2v) is 42.6. The summed E-state index contributed by atoms with van der Waals surface area (Å²) in [6.45, 7) is 60.9. The lowest BCUT2D eigenvalue weighted by Crippen LogP contribution is -2.34. The number of hydrogen-bond acceptors (Lipinski definition) is 14. The molecular formula is C113H146Cl9F10N7O7. The first-order chi connectivity index (χ1) is 67.9. The van der Waals surface area contributed by atoms with E-state index in [2.05, 4.69) is 181 Å². The van der Waals surface area contributed by atoms with Crippen molar-refractivity contribution < 1.29 is 77.1 Å². The molecule has 11 aromatic rings. The average Bonchev–Trinajstić information content (AvgIpc) is 0.805. The predicted molar refractivity (Wildman–Crippen MR) is 586 cm³/mol. The van der Waals surface area contributed by atoms with Gasteiger partial charge in [-0.15, -0.1) is 0 Å². The first-order valence-electron chi connectivity index (χ1n) is 48.3. The normalized spacial score (nSPS) is 11.2. The van der Waals surface area contributed by atoms with Crippen molar-refractivity contribution in [2.45, 2.75) is 298 Å². The van der Waals surface area contributed by atoms with Crippen LogP contribution in [0.4, 0.5) is 43.9 Å². The van der Waals surface area contributed by atoms with Gasteiger partial charge < -0.3 is 33.2 Å². The molecule has 0 unspecified atom stereocenters. The van der Waals surface area contributed by atoms with Gasteiger partial charge in [-0.25, -0.2) is 51.3 Å². The maximum absolute atomic E-state index is 12.7. The van der Waals surface area contributed by atoms with Crippen molar-refractivity contribution in [3.05, 3.63) is 288 Å². The third kappa shape index (κ3) is 49.9. The van der Waals surface area contributed by atoms with Gasteiger partial charge in [-0.05, 0) is 262 Å². The molecule has 0 atom stereocenters. The van der Waals surface area contributed by atoms with Crippen LogP contribution in [0.2, 0.25) is 45.2 Å². The average molecular weight is 2220 g/mol. The van der Waals surface area contributed by atoms with Gasteiger partial charge in [-0.1, -0.05) is 315 Å². The van der Waals surface area contributed by atoms with Crippen LogP contribution in [0.15, 0.2) is 165 Å². The molecule has 0 bridgehead atoms. The summed E-state index contributed by atoms with van der Waals surface area (Å²) in [6, 6.07) is 36.7. The van der Waals surface area contributed by atoms with E-state index in [9.17, 15) is 43.9 Å². The Balaban J connectivity index is 0.000000550. The zero-order valence-electron chi connectivity index (χ0n) is 89.5. The molecule has 0 aliphatic carbocycles. The molecule has 0 spiro atoms. The quantitative estimate of drug-likeness (QED) is 0.0378. The number of aryl methyl sites for hydroxylation is 2. The monoisotopic (exact) mass is 2220 g/mol. The van der Waals surface area contributed by atoms with Gasteiger partial charge in [-0.3, -0.25) is 0 Å². The first-order valence-corrected chi connectivity index (χ1v) is 51.7. The van der Waals surface area contributed by atoms with Crippen LogP contribution in [-0.4, -0.2) is 106 Å². The van der Waals surface area contributed by atoms with Gasteiger partial charge in [0.25, 0.3) is 0 Å². The number of pyridine rings is 5. The molecule has 6 aromatic heterocycles. The van der Waals surface area contributed by atoms with Crippen LogP contribution in [0.5, 0.6) is 40.9 Å². The van der Waals surface area contributed by atoms with Crippen LogP contribution in [0.3, 0.4) is 0 Å². The number of rotatable bonds is 31. The van der Waals surface area contributed by atoms with Gasteiger partial charge in [0.15, 0.2) is 13.2 Å². The van der Waals surface area contributed by atoms with E-state index in [1.165, 1.54) is 47.3 Å². The number of methoxy groups -OCH3 is 1. The lowest BCUT2D eigenvalue weighted by Gasteiger charge is -2.17. The van der Waals surface area contributed by atoms with Crippen LogP contribution in [0.1, 0.15) is 320 Å². The first kappa shape index (κ1) is 133. The number of aromatic nitrogens is 7. The number of hydrogen-bond donors (Lipinski definition) is 0. The maximum Gasteiger partial charge on any atom is 0.340 e. The van der Waals surface area contributed by atoms with Gasteiger partial charge in [0.05, 0.1) is 65.5 Å². The Bertz CT molecular complexity index is 5380. The standard InChI is InChI=1S/C14H15ClN2.C13H19ClO.2C12H18ClNO.C12H15F4NO.C11H12ClF4NO.C11H16ClNO.C10H13ClO.2C9H10ClF/c1-9(2)12-6-10(3)14(15)7-13(12)11-4-5-16-17-8-11;1-9(2)8-15-13-6-5-11(10(3)4)7-12(13)14;2*1-8(2)7-15-12-11(13)5-10(6-14-12)9(3)4;1-7(2)9-4-8(3)10(17-5-9)18-6-12(15,16)11(13)14;1-6(2)7-3-8(12)9(17-4-7)18-5-11(15,16)10(13)14;1-7(2)9-5-10(12)11(13-6-9)14-8(3)4;1-7(2)8-4-5-10(12-3)9(11)6-8;2*1-6(2)7-3-4-9(11)8(10)5-7/h4-9H,1-3H3;5-7,9-10H,8H2,1-4H3;2*5-6,8-9H,7H2,1-4H3;4-5,7,11H,6H2,1-3H3;3-4,6,10H,5H2,1-2H3;5-8H,1-4H3;4-7H,1-3H3;2*3-6H,1-2H3. The summed E-state index contributed by atoms with van der Waals surface area (Å²) in [4.78, 5) is 20.2. The summed E-state index contributed by atoms with van der Waals surface area (Å²) >= 11 is 53.4. The van der Waals surface area contributed by atoms with Gasteiger partial charge in [0.2, 0.25) is 29.4 Å². The van der Waals surface area contributed by atoms with Crippen LogP contribution in [0.25, 0.3) is 11.1 Å². The summed E-state index contributed by atoms with van der Waals surface area (Å²) < 4.78 is 160. The zero-order chi connectivity index (χ0) is 111. The number of benzene rings is 5. The minimum atomic E-state index is -4.22. The molecule has 0 saturated heterocycles. The summed E-state index contributed by atoms with van der Waals surface area (Å²) in [5, 5.41) is 12.1. The molecule has 11 rings (SSSR count). The SMILES string of the molecule is CC(C)COc1ccc(C(C)C)cc1Cl.CC(C)COc1ncc(C(C)C)cc1Cl.CC(C)COc1ncc(C(C)C)cc1Cl.CC(C)Oc1ncc(C(C)C)cc1Cl.CC(C)c1ccc(F)c(Cl)c1.CC(C)c1ccc(F)c(Cl)c1.CC(C)c1cnc(OCC(F)(F)C(F)F)c(Cl)c1.COc1ccc(C(C)C)cc1Cl.Cc1cc(C(C)C)c(-c2ccnnc2)cc1Cl.Cc1cc(C(C)C)cnc1OCC(F)(F)C(F)F. The van der Waals surface area contributed by atoms with Crippen molar-refractivity contribution in [1.82, 2.24) is 35.1 Å². The number of alkyl halides is 8. The smallest absolute Gasteiger partial charge is 0.340 e. The molecule has 6 heterocycles. The zero-order valence-corrected chi connectivity index (χ0v) is 96.3. The topological polar surface area (TPSA) is 155 Å². The van der Waals surface area contributed by atoms with Crippen LogP contribution in [-0.2, 0) is 0 Å². The van der Waals surface area contributed by atoms with Crippen molar-refractivity contribution >= 4 is 104 Å². The highest BCUT2D eigenvalue weighted by Crippen LogP contribution is 2.38. The highest BCUT2D eigenvalue weighted by Gasteiger charge is 2.43. The highest BCUT2D eigenvalue weighted by atomic mass is 35.5.